The zero-order valence-electron chi connectivity index (χ0n) is 9.09. The van der Waals surface area contributed by atoms with Gasteiger partial charge in [0.1, 0.15) is 0 Å². The third-order valence-corrected chi connectivity index (χ3v) is 1.96. The van der Waals surface area contributed by atoms with Crippen LogP contribution in [0.1, 0.15) is 13.8 Å². The van der Waals surface area contributed by atoms with E-state index in [1.54, 1.807) is 6.08 Å². The van der Waals surface area contributed by atoms with Crippen molar-refractivity contribution < 1.29 is 0 Å². The maximum absolute atomic E-state index is 5.63. The van der Waals surface area contributed by atoms with Gasteiger partial charge in [0.15, 0.2) is 0 Å². The summed E-state index contributed by atoms with van der Waals surface area (Å²) in [6, 6.07) is 0. The van der Waals surface area contributed by atoms with Gasteiger partial charge in [0.2, 0.25) is 0 Å². The number of rotatable bonds is 5. The molecule has 0 aromatic rings. The van der Waals surface area contributed by atoms with Crippen LogP contribution in [0.3, 0.4) is 0 Å². The highest BCUT2D eigenvalue weighted by molar-refractivity contribution is 5.36. The third-order valence-electron chi connectivity index (χ3n) is 1.96. The van der Waals surface area contributed by atoms with Gasteiger partial charge in [0, 0.05) is 6.54 Å². The molecule has 0 saturated heterocycles. The monoisotopic (exact) mass is 189 g/mol. The van der Waals surface area contributed by atoms with Crippen LogP contribution >= 0.6 is 0 Å². The minimum absolute atomic E-state index is 0.539. The summed E-state index contributed by atoms with van der Waals surface area (Å²) in [5.74, 6) is 0. The number of nitrogens with two attached hydrogens (primary N) is 1. The molecule has 0 atom stereocenters. The largest absolute Gasteiger partial charge is 0.326 e. The van der Waals surface area contributed by atoms with Crippen molar-refractivity contribution in [1.29, 1.82) is 0 Å². The van der Waals surface area contributed by atoms with Crippen molar-refractivity contribution in [3.8, 4) is 0 Å². The van der Waals surface area contributed by atoms with E-state index in [2.05, 4.69) is 13.2 Å². The number of allylic oxidation sites excluding steroid dienone is 6. The van der Waals surface area contributed by atoms with Crippen LogP contribution in [0.2, 0.25) is 0 Å². The van der Waals surface area contributed by atoms with E-state index in [4.69, 9.17) is 5.73 Å². The Morgan fingerprint density at radius 2 is 1.79 bits per heavy atom. The van der Waals surface area contributed by atoms with E-state index in [0.29, 0.717) is 6.54 Å². The van der Waals surface area contributed by atoms with Crippen LogP contribution < -0.4 is 5.73 Å². The smallest absolute Gasteiger partial charge is 0.0180 e. The molecule has 0 aliphatic rings. The van der Waals surface area contributed by atoms with Gasteiger partial charge >= 0.3 is 0 Å². The molecule has 0 aliphatic heterocycles. The molecule has 0 amide bonds. The Hall–Kier alpha value is -1.34. The molecule has 1 nitrogen and oxygen atoms in total. The minimum atomic E-state index is 0.539. The summed E-state index contributed by atoms with van der Waals surface area (Å²) in [5, 5.41) is 0. The van der Waals surface area contributed by atoms with Crippen molar-refractivity contribution in [1.82, 2.24) is 0 Å². The molecular formula is C13H19N. The first-order chi connectivity index (χ1) is 6.65. The first-order valence-corrected chi connectivity index (χ1v) is 4.65. The van der Waals surface area contributed by atoms with E-state index >= 15 is 0 Å². The van der Waals surface area contributed by atoms with E-state index in [1.807, 2.05) is 38.2 Å². The average molecular weight is 189 g/mol. The molecule has 0 rings (SSSR count). The molecule has 1 heteroatoms. The maximum Gasteiger partial charge on any atom is 0.0180 e. The average Bonchev–Trinajstić information content (AvgIpc) is 2.18. The predicted octanol–water partition coefficient (Wildman–Crippen LogP) is 3.14. The molecule has 0 aliphatic carbocycles. The Balaban J connectivity index is 4.80. The summed E-state index contributed by atoms with van der Waals surface area (Å²) in [7, 11) is 0. The van der Waals surface area contributed by atoms with Crippen molar-refractivity contribution in [2.75, 3.05) is 6.54 Å². The van der Waals surface area contributed by atoms with E-state index in [9.17, 15) is 0 Å². The maximum atomic E-state index is 5.63. The highest BCUT2D eigenvalue weighted by atomic mass is 14.5. The number of hydrogen-bond donors (Lipinski definition) is 1. The Labute approximate surface area is 87.0 Å². The van der Waals surface area contributed by atoms with Crippen LogP contribution in [0.5, 0.6) is 0 Å². The normalized spacial score (nSPS) is 14.1. The van der Waals surface area contributed by atoms with E-state index in [1.165, 1.54) is 0 Å². The standard InChI is InChI=1S/C13H19N/c1-5-7-12(4)13(10-14)9-8-11(3)6-2/h5-9H,1-2,10,14H2,3-4H3/b11-8-,12-7-,13-9+. The first kappa shape index (κ1) is 12.7. The molecule has 0 aromatic carbocycles. The van der Waals surface area contributed by atoms with Crippen LogP contribution in [0.15, 0.2) is 60.3 Å². The zero-order valence-corrected chi connectivity index (χ0v) is 9.09. The summed E-state index contributed by atoms with van der Waals surface area (Å²) in [6.07, 6.45) is 9.57. The van der Waals surface area contributed by atoms with Gasteiger partial charge < -0.3 is 5.73 Å². The molecule has 0 spiro atoms. The highest BCUT2D eigenvalue weighted by Gasteiger charge is 1.94. The molecule has 0 aromatic heterocycles. The fourth-order valence-electron chi connectivity index (χ4n) is 0.944. The lowest BCUT2D eigenvalue weighted by Crippen LogP contribution is -2.03. The zero-order chi connectivity index (χ0) is 11.0. The molecule has 0 fully saturated rings. The predicted molar refractivity (Wildman–Crippen MR) is 65.0 cm³/mol. The minimum Gasteiger partial charge on any atom is -0.326 e. The van der Waals surface area contributed by atoms with Gasteiger partial charge in [-0.2, -0.15) is 0 Å². The van der Waals surface area contributed by atoms with Crippen LogP contribution in [0.4, 0.5) is 0 Å². The lowest BCUT2D eigenvalue weighted by atomic mass is 10.1. The van der Waals surface area contributed by atoms with Gasteiger partial charge in [-0.3, -0.25) is 0 Å². The fourth-order valence-corrected chi connectivity index (χ4v) is 0.944. The Morgan fingerprint density at radius 1 is 1.14 bits per heavy atom. The van der Waals surface area contributed by atoms with Crippen LogP contribution in [-0.2, 0) is 0 Å². The van der Waals surface area contributed by atoms with Gasteiger partial charge in [-0.1, -0.05) is 49.1 Å². The molecule has 0 bridgehead atoms. The summed E-state index contributed by atoms with van der Waals surface area (Å²) in [6.45, 7) is 11.9. The van der Waals surface area contributed by atoms with Crippen LogP contribution in [-0.4, -0.2) is 6.54 Å². The fraction of sp³-hybridized carbons (Fsp3) is 0.231. The third kappa shape index (κ3) is 4.63. The SMILES string of the molecule is C=C\C=C(C)/C(=C/C=C(/C)C=C)CN. The number of hydrogen-bond acceptors (Lipinski definition) is 1. The molecule has 0 saturated carbocycles. The topological polar surface area (TPSA) is 26.0 Å². The van der Waals surface area contributed by atoms with Gasteiger partial charge in [0.25, 0.3) is 0 Å². The van der Waals surface area contributed by atoms with E-state index in [-0.39, 0.29) is 0 Å². The molecule has 14 heavy (non-hydrogen) atoms. The Morgan fingerprint density at radius 3 is 2.21 bits per heavy atom. The molecule has 0 heterocycles. The second-order valence-corrected chi connectivity index (χ2v) is 3.10. The van der Waals surface area contributed by atoms with Gasteiger partial charge in [-0.15, -0.1) is 0 Å². The van der Waals surface area contributed by atoms with Crippen LogP contribution in [0, 0.1) is 0 Å². The quantitative estimate of drug-likeness (QED) is 0.661. The summed E-state index contributed by atoms with van der Waals surface area (Å²) in [4.78, 5) is 0. The van der Waals surface area contributed by atoms with E-state index < -0.39 is 0 Å². The summed E-state index contributed by atoms with van der Waals surface area (Å²) in [5.41, 5.74) is 9.03. The molecule has 76 valence electrons. The summed E-state index contributed by atoms with van der Waals surface area (Å²) >= 11 is 0. The Kier molecular flexibility index (Phi) is 6.42. The second kappa shape index (κ2) is 7.10. The van der Waals surface area contributed by atoms with E-state index in [0.717, 1.165) is 16.7 Å². The summed E-state index contributed by atoms with van der Waals surface area (Å²) < 4.78 is 0. The van der Waals surface area contributed by atoms with Gasteiger partial charge in [0.05, 0.1) is 0 Å². The van der Waals surface area contributed by atoms with Crippen molar-refractivity contribution >= 4 is 0 Å². The molecular weight excluding hydrogens is 170 g/mol. The first-order valence-electron chi connectivity index (χ1n) is 4.65. The van der Waals surface area contributed by atoms with Crippen LogP contribution in [0.25, 0.3) is 0 Å². The van der Waals surface area contributed by atoms with Crippen molar-refractivity contribution in [2.45, 2.75) is 13.8 Å². The van der Waals surface area contributed by atoms with Crippen molar-refractivity contribution in [2.24, 2.45) is 5.73 Å². The lowest BCUT2D eigenvalue weighted by molar-refractivity contribution is 1.14. The van der Waals surface area contributed by atoms with Gasteiger partial charge in [-0.05, 0) is 25.0 Å². The Bertz CT molecular complexity index is 290. The second-order valence-electron chi connectivity index (χ2n) is 3.10. The molecule has 0 unspecified atom stereocenters. The van der Waals surface area contributed by atoms with Crippen molar-refractivity contribution in [3.63, 3.8) is 0 Å². The highest BCUT2D eigenvalue weighted by Crippen LogP contribution is 2.08. The molecule has 0 radical (unpaired) electrons. The van der Waals surface area contributed by atoms with Gasteiger partial charge in [-0.25, -0.2) is 0 Å². The van der Waals surface area contributed by atoms with Crippen molar-refractivity contribution in [3.05, 3.63) is 60.3 Å². The lowest BCUT2D eigenvalue weighted by Gasteiger charge is -2.02. The molecule has 2 N–H and O–H groups in total.